The zero-order valence-corrected chi connectivity index (χ0v) is 13.6. The second kappa shape index (κ2) is 8.17. The molecule has 1 unspecified atom stereocenters. The van der Waals surface area contributed by atoms with Crippen LogP contribution in [0.2, 0.25) is 0 Å². The summed E-state index contributed by atoms with van der Waals surface area (Å²) in [5.74, 6) is -0.877. The predicted octanol–water partition coefficient (Wildman–Crippen LogP) is 1.76. The molecule has 2 rings (SSSR count). The average molecular weight is 326 g/mol. The van der Waals surface area contributed by atoms with Crippen molar-refractivity contribution in [2.24, 2.45) is 5.92 Å². The maximum Gasteiger partial charge on any atom is 0.407 e. The third kappa shape index (κ3) is 4.59. The second-order valence-electron chi connectivity index (χ2n) is 6.33. The molecule has 7 nitrogen and oxygen atoms in total. The Kier molecular flexibility index (Phi) is 6.24. The van der Waals surface area contributed by atoms with Gasteiger partial charge in [0, 0.05) is 6.54 Å². The van der Waals surface area contributed by atoms with Gasteiger partial charge in [-0.1, -0.05) is 25.7 Å². The molecule has 2 amide bonds. The maximum atomic E-state index is 12.8. The Hall–Kier alpha value is -1.79. The smallest absolute Gasteiger partial charge is 0.407 e. The highest BCUT2D eigenvalue weighted by Crippen LogP contribution is 2.30. The third-order valence-corrected chi connectivity index (χ3v) is 4.73. The van der Waals surface area contributed by atoms with Crippen molar-refractivity contribution in [1.82, 2.24) is 10.2 Å². The number of rotatable bonds is 6. The van der Waals surface area contributed by atoms with Crippen LogP contribution >= 0.6 is 0 Å². The molecule has 1 heterocycles. The Balaban J connectivity index is 2.05. The van der Waals surface area contributed by atoms with Gasteiger partial charge in [0.2, 0.25) is 5.91 Å². The van der Waals surface area contributed by atoms with Gasteiger partial charge < -0.3 is 20.1 Å². The molecule has 2 atom stereocenters. The quantitative estimate of drug-likeness (QED) is 0.775. The van der Waals surface area contributed by atoms with Crippen molar-refractivity contribution in [1.29, 1.82) is 0 Å². The second-order valence-corrected chi connectivity index (χ2v) is 6.33. The molecule has 0 aromatic carbocycles. The fourth-order valence-corrected chi connectivity index (χ4v) is 3.60. The lowest BCUT2D eigenvalue weighted by Gasteiger charge is -2.28. The number of carboxylic acids is 1. The lowest BCUT2D eigenvalue weighted by Crippen LogP contribution is -2.52. The minimum Gasteiger partial charge on any atom is -0.480 e. The van der Waals surface area contributed by atoms with Gasteiger partial charge in [-0.05, 0) is 32.1 Å². The zero-order chi connectivity index (χ0) is 16.8. The number of nitrogens with one attached hydrogen (secondary N) is 1. The van der Waals surface area contributed by atoms with Crippen molar-refractivity contribution < 1.29 is 24.2 Å². The van der Waals surface area contributed by atoms with Crippen LogP contribution in [0.3, 0.4) is 0 Å². The molecular formula is C16H26N2O5. The number of aliphatic carboxylic acids is 1. The van der Waals surface area contributed by atoms with E-state index >= 15 is 0 Å². The first-order chi connectivity index (χ1) is 11.0. The van der Waals surface area contributed by atoms with Gasteiger partial charge in [0.1, 0.15) is 12.1 Å². The first-order valence-corrected chi connectivity index (χ1v) is 8.49. The monoisotopic (exact) mass is 326 g/mol. The number of carbonyl (C=O) groups is 3. The summed E-state index contributed by atoms with van der Waals surface area (Å²) < 4.78 is 4.89. The van der Waals surface area contributed by atoms with E-state index in [1.807, 2.05) is 0 Å². The highest BCUT2D eigenvalue weighted by Gasteiger charge is 2.38. The summed E-state index contributed by atoms with van der Waals surface area (Å²) in [6.45, 7) is 2.37. The molecule has 1 saturated carbocycles. The molecule has 1 aliphatic carbocycles. The van der Waals surface area contributed by atoms with E-state index in [4.69, 9.17) is 4.74 Å². The molecule has 0 spiro atoms. The van der Waals surface area contributed by atoms with Gasteiger partial charge in [0.15, 0.2) is 0 Å². The van der Waals surface area contributed by atoms with E-state index in [0.29, 0.717) is 31.7 Å². The fraction of sp³-hybridized carbons (Fsp3) is 0.812. The Morgan fingerprint density at radius 1 is 1.22 bits per heavy atom. The maximum absolute atomic E-state index is 12.8. The van der Waals surface area contributed by atoms with Crippen molar-refractivity contribution in [2.45, 2.75) is 64.0 Å². The Labute approximate surface area is 136 Å². The summed E-state index contributed by atoms with van der Waals surface area (Å²) in [4.78, 5) is 37.2. The van der Waals surface area contributed by atoms with Crippen LogP contribution < -0.4 is 5.32 Å². The summed E-state index contributed by atoms with van der Waals surface area (Å²) >= 11 is 0. The van der Waals surface area contributed by atoms with Crippen LogP contribution in [0.15, 0.2) is 0 Å². The number of amides is 2. The van der Waals surface area contributed by atoms with Crippen molar-refractivity contribution in [2.75, 3.05) is 13.2 Å². The summed E-state index contributed by atoms with van der Waals surface area (Å²) in [5.41, 5.74) is 0. The summed E-state index contributed by atoms with van der Waals surface area (Å²) in [7, 11) is 0. The van der Waals surface area contributed by atoms with Crippen molar-refractivity contribution in [3.63, 3.8) is 0 Å². The van der Waals surface area contributed by atoms with E-state index in [1.165, 1.54) is 4.90 Å². The number of hydrogen-bond donors (Lipinski definition) is 2. The van der Waals surface area contributed by atoms with E-state index < -0.39 is 24.1 Å². The van der Waals surface area contributed by atoms with Crippen LogP contribution in [0.4, 0.5) is 4.79 Å². The van der Waals surface area contributed by atoms with Crippen LogP contribution in [0.5, 0.6) is 0 Å². The summed E-state index contributed by atoms with van der Waals surface area (Å²) in [6.07, 6.45) is 5.48. The molecule has 2 N–H and O–H groups in total. The standard InChI is InChI=1S/C16H26N2O5/c1-2-23-16(22)17-12(10-11-6-3-4-7-11)14(19)18-9-5-8-13(18)15(20)21/h11-13H,2-10H2,1H3,(H,17,22)(H,20,21)/t12?,13-/m0/s1. The summed E-state index contributed by atoms with van der Waals surface area (Å²) in [6, 6.07) is -1.48. The van der Waals surface area contributed by atoms with Crippen LogP contribution in [0.25, 0.3) is 0 Å². The van der Waals surface area contributed by atoms with Gasteiger partial charge in [-0.2, -0.15) is 0 Å². The molecule has 130 valence electrons. The first kappa shape index (κ1) is 17.6. The van der Waals surface area contributed by atoms with Gasteiger partial charge in [-0.3, -0.25) is 4.79 Å². The lowest BCUT2D eigenvalue weighted by molar-refractivity contribution is -0.149. The normalized spacial score (nSPS) is 22.8. The van der Waals surface area contributed by atoms with Crippen LogP contribution in [0.1, 0.15) is 51.9 Å². The highest BCUT2D eigenvalue weighted by molar-refractivity contribution is 5.89. The molecule has 2 aliphatic rings. The Morgan fingerprint density at radius 2 is 1.91 bits per heavy atom. The predicted molar refractivity (Wildman–Crippen MR) is 82.9 cm³/mol. The Bertz CT molecular complexity index is 448. The molecule has 7 heteroatoms. The average Bonchev–Trinajstić information content (AvgIpc) is 3.17. The molecule has 0 aromatic rings. The minimum absolute atomic E-state index is 0.234. The van der Waals surface area contributed by atoms with Crippen molar-refractivity contribution >= 4 is 18.0 Å². The third-order valence-electron chi connectivity index (χ3n) is 4.73. The van der Waals surface area contributed by atoms with E-state index in [0.717, 1.165) is 25.7 Å². The van der Waals surface area contributed by atoms with E-state index in [2.05, 4.69) is 5.32 Å². The number of alkyl carbamates (subject to hydrolysis) is 1. The van der Waals surface area contributed by atoms with Crippen LogP contribution in [-0.2, 0) is 14.3 Å². The molecule has 1 saturated heterocycles. The van der Waals surface area contributed by atoms with Crippen molar-refractivity contribution in [3.05, 3.63) is 0 Å². The van der Waals surface area contributed by atoms with E-state index in [9.17, 15) is 19.5 Å². The number of carbonyl (C=O) groups excluding carboxylic acids is 2. The van der Waals surface area contributed by atoms with E-state index in [1.54, 1.807) is 6.92 Å². The molecule has 0 bridgehead atoms. The van der Waals surface area contributed by atoms with Gasteiger partial charge in [-0.25, -0.2) is 9.59 Å². The van der Waals surface area contributed by atoms with Gasteiger partial charge in [0.25, 0.3) is 0 Å². The highest BCUT2D eigenvalue weighted by atomic mass is 16.5. The van der Waals surface area contributed by atoms with Crippen molar-refractivity contribution in [3.8, 4) is 0 Å². The molecule has 1 aliphatic heterocycles. The number of likely N-dealkylation sites (tertiary alicyclic amines) is 1. The minimum atomic E-state index is -0.980. The molecule has 2 fully saturated rings. The number of ether oxygens (including phenoxy) is 1. The van der Waals surface area contributed by atoms with Gasteiger partial charge >= 0.3 is 12.1 Å². The number of nitrogens with zero attached hydrogens (tertiary/aromatic N) is 1. The Morgan fingerprint density at radius 3 is 2.52 bits per heavy atom. The number of carboxylic acid groups (broad SMARTS) is 1. The number of hydrogen-bond acceptors (Lipinski definition) is 4. The fourth-order valence-electron chi connectivity index (χ4n) is 3.60. The SMILES string of the molecule is CCOC(=O)NC(CC1CCCC1)C(=O)N1CCC[C@H]1C(=O)O. The van der Waals surface area contributed by atoms with Crippen LogP contribution in [-0.4, -0.2) is 53.2 Å². The summed E-state index contributed by atoms with van der Waals surface area (Å²) in [5, 5.41) is 11.9. The molecule has 0 radical (unpaired) electrons. The lowest BCUT2D eigenvalue weighted by atomic mass is 9.97. The first-order valence-electron chi connectivity index (χ1n) is 8.49. The molecular weight excluding hydrogens is 300 g/mol. The van der Waals surface area contributed by atoms with Crippen LogP contribution in [0, 0.1) is 5.92 Å². The largest absolute Gasteiger partial charge is 0.480 e. The zero-order valence-electron chi connectivity index (χ0n) is 13.6. The van der Waals surface area contributed by atoms with Gasteiger partial charge in [0.05, 0.1) is 6.61 Å². The van der Waals surface area contributed by atoms with E-state index in [-0.39, 0.29) is 12.5 Å². The molecule has 23 heavy (non-hydrogen) atoms. The topological polar surface area (TPSA) is 95.9 Å². The molecule has 0 aromatic heterocycles. The van der Waals surface area contributed by atoms with Gasteiger partial charge in [-0.15, -0.1) is 0 Å².